The van der Waals surface area contributed by atoms with Gasteiger partial charge in [0.05, 0.1) is 5.54 Å². The lowest BCUT2D eigenvalue weighted by molar-refractivity contribution is -0.00552. The number of hydrogen-bond acceptors (Lipinski definition) is 2. The summed E-state index contributed by atoms with van der Waals surface area (Å²) >= 11 is 0. The minimum absolute atomic E-state index is 0.114. The fraction of sp³-hybridized carbons (Fsp3) is 0.217. The summed E-state index contributed by atoms with van der Waals surface area (Å²) in [5.41, 5.74) is 3.91. The van der Waals surface area contributed by atoms with Gasteiger partial charge in [-0.3, -0.25) is 4.90 Å². The van der Waals surface area contributed by atoms with E-state index in [0.717, 1.165) is 13.1 Å². The first-order chi connectivity index (χ1) is 12.3. The largest absolute Gasteiger partial charge is 0.306 e. The van der Waals surface area contributed by atoms with E-state index < -0.39 is 0 Å². The molecule has 0 bridgehead atoms. The van der Waals surface area contributed by atoms with Gasteiger partial charge in [-0.1, -0.05) is 91.0 Å². The molecule has 4 rings (SSSR count). The highest BCUT2D eigenvalue weighted by atomic mass is 15.3. The number of nitrogens with one attached hydrogen (secondary N) is 1. The van der Waals surface area contributed by atoms with Crippen molar-refractivity contribution in [2.24, 2.45) is 0 Å². The fourth-order valence-corrected chi connectivity index (χ4v) is 4.15. The Hall–Kier alpha value is -2.42. The summed E-state index contributed by atoms with van der Waals surface area (Å²) in [5, 5.41) is 3.81. The van der Waals surface area contributed by atoms with Crippen molar-refractivity contribution in [1.29, 1.82) is 0 Å². The first-order valence-electron chi connectivity index (χ1n) is 8.91. The van der Waals surface area contributed by atoms with Crippen LogP contribution in [0.15, 0.2) is 91.0 Å². The Balaban J connectivity index is 1.69. The highest BCUT2D eigenvalue weighted by Crippen LogP contribution is 2.45. The van der Waals surface area contributed by atoms with E-state index in [1.54, 1.807) is 0 Å². The first-order valence-corrected chi connectivity index (χ1v) is 8.91. The Bertz CT molecular complexity index is 760. The number of benzene rings is 3. The maximum Gasteiger partial charge on any atom is 0.0881 e. The van der Waals surface area contributed by atoms with Gasteiger partial charge in [-0.25, -0.2) is 0 Å². The lowest BCUT2D eigenvalue weighted by Crippen LogP contribution is -2.71. The molecule has 0 amide bonds. The van der Waals surface area contributed by atoms with Crippen LogP contribution in [0.5, 0.6) is 0 Å². The average Bonchev–Trinajstić information content (AvgIpc) is 2.68. The number of likely N-dealkylation sites (N-methyl/N-ethyl adjacent to an activating group) is 1. The second-order valence-electron chi connectivity index (χ2n) is 6.80. The van der Waals surface area contributed by atoms with Crippen LogP contribution < -0.4 is 5.32 Å². The predicted octanol–water partition coefficient (Wildman–Crippen LogP) is 4.03. The zero-order valence-electron chi connectivity index (χ0n) is 14.6. The second kappa shape index (κ2) is 6.83. The van der Waals surface area contributed by atoms with Crippen LogP contribution in [0.1, 0.15) is 16.7 Å². The first kappa shape index (κ1) is 16.1. The molecule has 126 valence electrons. The van der Waals surface area contributed by atoms with Crippen molar-refractivity contribution in [3.05, 3.63) is 108 Å². The van der Waals surface area contributed by atoms with E-state index in [-0.39, 0.29) is 5.54 Å². The molecule has 0 spiro atoms. The predicted molar refractivity (Wildman–Crippen MR) is 103 cm³/mol. The Kier molecular flexibility index (Phi) is 4.39. The van der Waals surface area contributed by atoms with Crippen LogP contribution in [0.2, 0.25) is 0 Å². The van der Waals surface area contributed by atoms with E-state index in [2.05, 4.69) is 108 Å². The summed E-state index contributed by atoms with van der Waals surface area (Å²) in [6.07, 6.45) is 0. The van der Waals surface area contributed by atoms with E-state index in [4.69, 9.17) is 0 Å². The maximum atomic E-state index is 3.81. The van der Waals surface area contributed by atoms with Crippen molar-refractivity contribution in [2.75, 3.05) is 13.6 Å². The van der Waals surface area contributed by atoms with Crippen molar-refractivity contribution in [2.45, 2.75) is 18.1 Å². The van der Waals surface area contributed by atoms with Crippen molar-refractivity contribution in [1.82, 2.24) is 10.2 Å². The molecule has 0 radical (unpaired) electrons. The van der Waals surface area contributed by atoms with E-state index in [0.29, 0.717) is 6.04 Å². The monoisotopic (exact) mass is 328 g/mol. The highest BCUT2D eigenvalue weighted by molar-refractivity contribution is 5.44. The zero-order chi connectivity index (χ0) is 17.1. The summed E-state index contributed by atoms with van der Waals surface area (Å²) < 4.78 is 0. The minimum Gasteiger partial charge on any atom is -0.306 e. The molecule has 1 atom stereocenters. The van der Waals surface area contributed by atoms with E-state index in [1.165, 1.54) is 16.7 Å². The van der Waals surface area contributed by atoms with Gasteiger partial charge < -0.3 is 5.32 Å². The third kappa shape index (κ3) is 2.78. The molecule has 2 nitrogen and oxygen atoms in total. The van der Waals surface area contributed by atoms with Gasteiger partial charge in [0.2, 0.25) is 0 Å². The Labute approximate surface area is 150 Å². The Morgan fingerprint density at radius 2 is 1.28 bits per heavy atom. The molecule has 1 aliphatic heterocycles. The summed E-state index contributed by atoms with van der Waals surface area (Å²) in [4.78, 5) is 2.46. The molecule has 2 heteroatoms. The molecule has 1 saturated heterocycles. The smallest absolute Gasteiger partial charge is 0.0881 e. The van der Waals surface area contributed by atoms with Gasteiger partial charge in [0.25, 0.3) is 0 Å². The van der Waals surface area contributed by atoms with Gasteiger partial charge in [-0.15, -0.1) is 0 Å². The molecule has 0 aromatic heterocycles. The lowest BCUT2D eigenvalue weighted by Gasteiger charge is -2.58. The fourth-order valence-electron chi connectivity index (χ4n) is 4.15. The Morgan fingerprint density at radius 1 is 0.800 bits per heavy atom. The zero-order valence-corrected chi connectivity index (χ0v) is 14.6. The summed E-state index contributed by atoms with van der Waals surface area (Å²) in [6, 6.07) is 32.8. The standard InChI is InChI=1S/C23H24N2/c1-25-18-22(24-17-19-11-5-2-6-12-19)23(25,20-13-7-3-8-14-20)21-15-9-4-10-16-21/h2-16,22,24H,17-18H2,1H3. The van der Waals surface area contributed by atoms with Crippen LogP contribution in [0.25, 0.3) is 0 Å². The topological polar surface area (TPSA) is 15.3 Å². The number of hydrogen-bond donors (Lipinski definition) is 1. The SMILES string of the molecule is CN1CC(NCc2ccccc2)C1(c1ccccc1)c1ccccc1. The lowest BCUT2D eigenvalue weighted by atomic mass is 9.69. The van der Waals surface area contributed by atoms with Crippen LogP contribution in [0.4, 0.5) is 0 Å². The van der Waals surface area contributed by atoms with Gasteiger partial charge in [-0.2, -0.15) is 0 Å². The van der Waals surface area contributed by atoms with Crippen molar-refractivity contribution in [3.63, 3.8) is 0 Å². The number of rotatable bonds is 5. The van der Waals surface area contributed by atoms with Gasteiger partial charge >= 0.3 is 0 Å². The van der Waals surface area contributed by atoms with Crippen molar-refractivity contribution < 1.29 is 0 Å². The minimum atomic E-state index is -0.114. The van der Waals surface area contributed by atoms with Gasteiger partial charge in [0.15, 0.2) is 0 Å². The van der Waals surface area contributed by atoms with Crippen molar-refractivity contribution in [3.8, 4) is 0 Å². The maximum absolute atomic E-state index is 3.81. The van der Waals surface area contributed by atoms with Crippen LogP contribution in [0, 0.1) is 0 Å². The summed E-state index contributed by atoms with van der Waals surface area (Å²) in [7, 11) is 2.22. The van der Waals surface area contributed by atoms with Gasteiger partial charge in [-0.05, 0) is 23.7 Å². The second-order valence-corrected chi connectivity index (χ2v) is 6.80. The van der Waals surface area contributed by atoms with Gasteiger partial charge in [0, 0.05) is 19.1 Å². The molecule has 1 N–H and O–H groups in total. The molecule has 0 aliphatic carbocycles. The van der Waals surface area contributed by atoms with Crippen LogP contribution in [0.3, 0.4) is 0 Å². The molecule has 1 fully saturated rings. The third-order valence-electron chi connectivity index (χ3n) is 5.39. The van der Waals surface area contributed by atoms with Crippen molar-refractivity contribution >= 4 is 0 Å². The molecule has 3 aromatic carbocycles. The third-order valence-corrected chi connectivity index (χ3v) is 5.39. The van der Waals surface area contributed by atoms with E-state index in [9.17, 15) is 0 Å². The van der Waals surface area contributed by atoms with E-state index in [1.807, 2.05) is 0 Å². The summed E-state index contributed by atoms with van der Waals surface area (Å²) in [5.74, 6) is 0. The Morgan fingerprint density at radius 3 is 1.76 bits per heavy atom. The number of nitrogens with zero attached hydrogens (tertiary/aromatic N) is 1. The molecular weight excluding hydrogens is 304 g/mol. The molecule has 1 unspecified atom stereocenters. The van der Waals surface area contributed by atoms with Crippen LogP contribution in [-0.4, -0.2) is 24.5 Å². The van der Waals surface area contributed by atoms with E-state index >= 15 is 0 Å². The molecule has 1 heterocycles. The number of likely N-dealkylation sites (tertiary alicyclic amines) is 1. The molecule has 3 aromatic rings. The molecule has 25 heavy (non-hydrogen) atoms. The average molecular weight is 328 g/mol. The molecule has 0 saturated carbocycles. The van der Waals surface area contributed by atoms with Crippen LogP contribution in [-0.2, 0) is 12.1 Å². The molecule has 1 aliphatic rings. The molecular formula is C23H24N2. The summed E-state index contributed by atoms with van der Waals surface area (Å²) in [6.45, 7) is 1.93. The van der Waals surface area contributed by atoms with Gasteiger partial charge in [0.1, 0.15) is 0 Å². The normalized spacial score (nSPS) is 19.3. The van der Waals surface area contributed by atoms with Crippen LogP contribution >= 0.6 is 0 Å². The quantitative estimate of drug-likeness (QED) is 0.760. The highest BCUT2D eigenvalue weighted by Gasteiger charge is 2.53.